The summed E-state index contributed by atoms with van der Waals surface area (Å²) in [5.41, 5.74) is 7.67. The van der Waals surface area contributed by atoms with Gasteiger partial charge in [-0.25, -0.2) is 0 Å². The average molecular weight is 277 g/mol. The molecule has 20 heavy (non-hydrogen) atoms. The number of nitrogens with one attached hydrogen (secondary N) is 2. The Labute approximate surface area is 119 Å². The summed E-state index contributed by atoms with van der Waals surface area (Å²) in [6.45, 7) is 2.46. The van der Waals surface area contributed by atoms with E-state index in [1.54, 1.807) is 18.2 Å². The number of amides is 1. The van der Waals surface area contributed by atoms with E-state index in [0.29, 0.717) is 23.5 Å². The second-order valence-corrected chi connectivity index (χ2v) is 5.27. The van der Waals surface area contributed by atoms with Crippen molar-refractivity contribution in [3.8, 4) is 0 Å². The Hall–Kier alpha value is -1.75. The number of hydrogen-bond acceptors (Lipinski definition) is 4. The van der Waals surface area contributed by atoms with Gasteiger partial charge >= 0.3 is 0 Å². The van der Waals surface area contributed by atoms with E-state index in [4.69, 9.17) is 5.73 Å². The number of benzene rings is 1. The number of hydrogen-bond donors (Lipinski definition) is 4. The zero-order chi connectivity index (χ0) is 14.5. The molecule has 110 valence electrons. The highest BCUT2D eigenvalue weighted by Crippen LogP contribution is 2.26. The van der Waals surface area contributed by atoms with Gasteiger partial charge in [0.1, 0.15) is 0 Å². The number of nitrogen functional groups attached to an aromatic ring is 1. The van der Waals surface area contributed by atoms with E-state index in [0.717, 1.165) is 25.7 Å². The van der Waals surface area contributed by atoms with Gasteiger partial charge in [-0.1, -0.05) is 12.8 Å². The minimum atomic E-state index is -0.368. The highest BCUT2D eigenvalue weighted by molar-refractivity contribution is 6.00. The first-order chi connectivity index (χ1) is 9.61. The lowest BCUT2D eigenvalue weighted by Crippen LogP contribution is -2.37. The Kier molecular flexibility index (Phi) is 4.84. The van der Waals surface area contributed by atoms with Crippen molar-refractivity contribution in [2.45, 2.75) is 44.8 Å². The molecule has 2 rings (SSSR count). The van der Waals surface area contributed by atoms with Gasteiger partial charge in [0.25, 0.3) is 5.91 Å². The number of carbonyl (C=O) groups excluding carboxylic acids is 1. The molecule has 2 unspecified atom stereocenters. The molecule has 0 aliphatic heterocycles. The van der Waals surface area contributed by atoms with Crippen molar-refractivity contribution in [3.63, 3.8) is 0 Å². The van der Waals surface area contributed by atoms with Gasteiger partial charge in [-0.2, -0.15) is 0 Å². The van der Waals surface area contributed by atoms with E-state index in [1.807, 2.05) is 6.92 Å². The maximum Gasteiger partial charge on any atom is 0.253 e. The topological polar surface area (TPSA) is 87.4 Å². The van der Waals surface area contributed by atoms with Crippen LogP contribution in [0.25, 0.3) is 0 Å². The summed E-state index contributed by atoms with van der Waals surface area (Å²) in [4.78, 5) is 12.0. The standard InChI is InChI=1S/C15H23N3O2/c1-2-17-15(20)11-8-7-10(16)9-13(11)18-12-5-3-4-6-14(12)19/h7-9,12,14,18-19H,2-6,16H2,1H3,(H,17,20). The van der Waals surface area contributed by atoms with Crippen LogP contribution in [0.3, 0.4) is 0 Å². The summed E-state index contributed by atoms with van der Waals surface area (Å²) in [7, 11) is 0. The van der Waals surface area contributed by atoms with Crippen LogP contribution in [0, 0.1) is 0 Å². The van der Waals surface area contributed by atoms with Crippen molar-refractivity contribution < 1.29 is 9.90 Å². The summed E-state index contributed by atoms with van der Waals surface area (Å²) in [5, 5.41) is 16.1. The van der Waals surface area contributed by atoms with E-state index in [-0.39, 0.29) is 18.1 Å². The van der Waals surface area contributed by atoms with Crippen LogP contribution in [-0.2, 0) is 0 Å². The lowest BCUT2D eigenvalue weighted by molar-refractivity contribution is 0.0955. The highest BCUT2D eigenvalue weighted by Gasteiger charge is 2.24. The van der Waals surface area contributed by atoms with Gasteiger partial charge in [0.15, 0.2) is 0 Å². The molecule has 0 bridgehead atoms. The molecule has 0 aromatic heterocycles. The molecule has 0 heterocycles. The smallest absolute Gasteiger partial charge is 0.253 e. The molecule has 0 radical (unpaired) electrons. The quantitative estimate of drug-likeness (QED) is 0.631. The van der Waals surface area contributed by atoms with Crippen molar-refractivity contribution in [1.82, 2.24) is 5.32 Å². The molecule has 1 aliphatic rings. The predicted molar refractivity (Wildman–Crippen MR) is 80.7 cm³/mol. The minimum absolute atomic E-state index is 0.0151. The third-order valence-corrected chi connectivity index (χ3v) is 3.70. The van der Waals surface area contributed by atoms with E-state index in [2.05, 4.69) is 10.6 Å². The average Bonchev–Trinajstić information content (AvgIpc) is 2.42. The SMILES string of the molecule is CCNC(=O)c1ccc(N)cc1NC1CCCCC1O. The Morgan fingerprint density at radius 3 is 2.85 bits per heavy atom. The Morgan fingerprint density at radius 1 is 1.40 bits per heavy atom. The summed E-state index contributed by atoms with van der Waals surface area (Å²) >= 11 is 0. The number of carbonyl (C=O) groups is 1. The molecule has 1 fully saturated rings. The molecular formula is C15H23N3O2. The molecule has 5 N–H and O–H groups in total. The predicted octanol–water partition coefficient (Wildman–Crippen LogP) is 1.73. The molecule has 1 aliphatic carbocycles. The summed E-state index contributed by atoms with van der Waals surface area (Å²) in [6.07, 6.45) is 3.49. The highest BCUT2D eigenvalue weighted by atomic mass is 16.3. The van der Waals surface area contributed by atoms with Crippen molar-refractivity contribution in [3.05, 3.63) is 23.8 Å². The van der Waals surface area contributed by atoms with Crippen LogP contribution in [-0.4, -0.2) is 29.7 Å². The summed E-state index contributed by atoms with van der Waals surface area (Å²) in [5.74, 6) is -0.125. The lowest BCUT2D eigenvalue weighted by atomic mass is 9.92. The third kappa shape index (κ3) is 3.42. The molecule has 5 nitrogen and oxygen atoms in total. The fraction of sp³-hybridized carbons (Fsp3) is 0.533. The third-order valence-electron chi connectivity index (χ3n) is 3.70. The van der Waals surface area contributed by atoms with Crippen molar-refractivity contribution in [2.24, 2.45) is 0 Å². The maximum absolute atomic E-state index is 12.0. The Morgan fingerprint density at radius 2 is 2.15 bits per heavy atom. The van der Waals surface area contributed by atoms with Crippen LogP contribution >= 0.6 is 0 Å². The first-order valence-electron chi connectivity index (χ1n) is 7.24. The molecule has 1 saturated carbocycles. The van der Waals surface area contributed by atoms with Crippen molar-refractivity contribution >= 4 is 17.3 Å². The number of nitrogens with two attached hydrogens (primary N) is 1. The van der Waals surface area contributed by atoms with Crippen LogP contribution in [0.2, 0.25) is 0 Å². The van der Waals surface area contributed by atoms with Crippen molar-refractivity contribution in [1.29, 1.82) is 0 Å². The maximum atomic E-state index is 12.0. The monoisotopic (exact) mass is 277 g/mol. The Balaban J connectivity index is 2.20. The fourth-order valence-electron chi connectivity index (χ4n) is 2.61. The van der Waals surface area contributed by atoms with Crippen LogP contribution in [0.1, 0.15) is 43.0 Å². The molecule has 0 spiro atoms. The van der Waals surface area contributed by atoms with Crippen LogP contribution in [0.4, 0.5) is 11.4 Å². The molecule has 0 saturated heterocycles. The van der Waals surface area contributed by atoms with E-state index < -0.39 is 0 Å². The minimum Gasteiger partial charge on any atom is -0.399 e. The molecule has 1 amide bonds. The lowest BCUT2D eigenvalue weighted by Gasteiger charge is -2.30. The number of anilines is 2. The molecule has 1 aromatic rings. The number of rotatable bonds is 4. The molecular weight excluding hydrogens is 254 g/mol. The summed E-state index contributed by atoms with van der Waals surface area (Å²) < 4.78 is 0. The first-order valence-corrected chi connectivity index (χ1v) is 7.24. The van der Waals surface area contributed by atoms with E-state index >= 15 is 0 Å². The normalized spacial score (nSPS) is 22.3. The zero-order valence-corrected chi connectivity index (χ0v) is 11.9. The number of aliphatic hydroxyl groups excluding tert-OH is 1. The second kappa shape index (κ2) is 6.61. The molecule has 1 aromatic carbocycles. The van der Waals surface area contributed by atoms with Crippen LogP contribution in [0.15, 0.2) is 18.2 Å². The first kappa shape index (κ1) is 14.7. The van der Waals surface area contributed by atoms with Crippen LogP contribution in [0.5, 0.6) is 0 Å². The largest absolute Gasteiger partial charge is 0.399 e. The van der Waals surface area contributed by atoms with Gasteiger partial charge < -0.3 is 21.5 Å². The van der Waals surface area contributed by atoms with Crippen molar-refractivity contribution in [2.75, 3.05) is 17.6 Å². The van der Waals surface area contributed by atoms with Gasteiger partial charge in [0.2, 0.25) is 0 Å². The van der Waals surface area contributed by atoms with E-state index in [9.17, 15) is 9.90 Å². The van der Waals surface area contributed by atoms with Gasteiger partial charge in [-0.15, -0.1) is 0 Å². The van der Waals surface area contributed by atoms with Gasteiger partial charge in [0.05, 0.1) is 17.7 Å². The molecule has 2 atom stereocenters. The fourth-order valence-corrected chi connectivity index (χ4v) is 2.61. The van der Waals surface area contributed by atoms with Crippen LogP contribution < -0.4 is 16.4 Å². The Bertz CT molecular complexity index is 476. The van der Waals surface area contributed by atoms with Gasteiger partial charge in [0, 0.05) is 17.9 Å². The van der Waals surface area contributed by atoms with Gasteiger partial charge in [-0.05, 0) is 38.0 Å². The number of aliphatic hydroxyl groups is 1. The van der Waals surface area contributed by atoms with Gasteiger partial charge in [-0.3, -0.25) is 4.79 Å². The van der Waals surface area contributed by atoms with E-state index in [1.165, 1.54) is 0 Å². The summed E-state index contributed by atoms with van der Waals surface area (Å²) in [6, 6.07) is 5.18. The second-order valence-electron chi connectivity index (χ2n) is 5.27. The zero-order valence-electron chi connectivity index (χ0n) is 11.9. The molecule has 5 heteroatoms.